The smallest absolute Gasteiger partial charge is 0.263 e. The number of aromatic nitrogens is 1. The van der Waals surface area contributed by atoms with Gasteiger partial charge in [0.2, 0.25) is 5.69 Å². The second kappa shape index (κ2) is 11.7. The fourth-order valence-electron chi connectivity index (χ4n) is 2.97. The van der Waals surface area contributed by atoms with E-state index < -0.39 is 0 Å². The predicted molar refractivity (Wildman–Crippen MR) is 124 cm³/mol. The third kappa shape index (κ3) is 6.54. The summed E-state index contributed by atoms with van der Waals surface area (Å²) >= 11 is 1.36. The Hall–Kier alpha value is -2.43. The number of aryl methyl sites for hydroxylation is 1. The maximum atomic E-state index is 12.6. The van der Waals surface area contributed by atoms with E-state index in [2.05, 4.69) is 47.7 Å². The lowest BCUT2D eigenvalue weighted by Gasteiger charge is -2.17. The highest BCUT2D eigenvalue weighted by atomic mass is 32.1. The van der Waals surface area contributed by atoms with Crippen molar-refractivity contribution in [1.29, 1.82) is 0 Å². The van der Waals surface area contributed by atoms with E-state index in [1.54, 1.807) is 6.07 Å². The zero-order chi connectivity index (χ0) is 22.1. The van der Waals surface area contributed by atoms with Crippen LogP contribution in [-0.4, -0.2) is 48.6 Å². The van der Waals surface area contributed by atoms with Crippen molar-refractivity contribution in [3.05, 3.63) is 40.2 Å². The molecule has 1 amide bonds. The molecule has 2 aromatic rings. The quantitative estimate of drug-likeness (QED) is 0.396. The highest BCUT2D eigenvalue weighted by molar-refractivity contribution is 7.17. The molecule has 1 aromatic carbocycles. The normalized spacial score (nSPS) is 11.0. The van der Waals surface area contributed by atoms with E-state index >= 15 is 0 Å². The van der Waals surface area contributed by atoms with Crippen LogP contribution in [0.15, 0.2) is 18.2 Å². The lowest BCUT2D eigenvalue weighted by molar-refractivity contribution is 0.0955. The highest BCUT2D eigenvalue weighted by Gasteiger charge is 2.17. The maximum Gasteiger partial charge on any atom is 0.263 e. The molecule has 0 atom stereocenters. The van der Waals surface area contributed by atoms with Gasteiger partial charge < -0.3 is 15.0 Å². The Kier molecular flexibility index (Phi) is 9.28. The van der Waals surface area contributed by atoms with E-state index in [0.29, 0.717) is 41.1 Å². The fraction of sp³-hybridized carbons (Fsp3) is 0.522. The van der Waals surface area contributed by atoms with Gasteiger partial charge in [-0.15, -0.1) is 11.3 Å². The molecule has 6 nitrogen and oxygen atoms in total. The van der Waals surface area contributed by atoms with E-state index in [9.17, 15) is 4.79 Å². The van der Waals surface area contributed by atoms with Gasteiger partial charge in [-0.1, -0.05) is 33.8 Å². The Bertz CT molecular complexity index is 882. The average molecular weight is 429 g/mol. The Labute approximate surface area is 184 Å². The van der Waals surface area contributed by atoms with Crippen molar-refractivity contribution in [3.8, 4) is 16.3 Å². The summed E-state index contributed by atoms with van der Waals surface area (Å²) in [4.78, 5) is 23.7. The van der Waals surface area contributed by atoms with Crippen molar-refractivity contribution in [2.24, 2.45) is 5.92 Å². The van der Waals surface area contributed by atoms with Crippen molar-refractivity contribution in [2.45, 2.75) is 41.0 Å². The molecular formula is C23H32N4O2S. The number of ether oxygens (including phenoxy) is 1. The van der Waals surface area contributed by atoms with Gasteiger partial charge in [0.25, 0.3) is 5.91 Å². The van der Waals surface area contributed by atoms with Crippen LogP contribution in [0.3, 0.4) is 0 Å². The Balaban J connectivity index is 2.06. The first-order valence-electron chi connectivity index (χ1n) is 10.5. The van der Waals surface area contributed by atoms with E-state index in [1.807, 2.05) is 19.1 Å². The average Bonchev–Trinajstić information content (AvgIpc) is 3.13. The molecule has 0 spiro atoms. The lowest BCUT2D eigenvalue weighted by Crippen LogP contribution is -2.29. The van der Waals surface area contributed by atoms with Crippen LogP contribution >= 0.6 is 11.3 Å². The number of hydrogen-bond donors (Lipinski definition) is 1. The molecule has 0 unspecified atom stereocenters. The molecule has 0 aliphatic carbocycles. The van der Waals surface area contributed by atoms with Crippen molar-refractivity contribution in [1.82, 2.24) is 15.2 Å². The van der Waals surface area contributed by atoms with Gasteiger partial charge in [-0.3, -0.25) is 4.79 Å². The second-order valence-corrected chi connectivity index (χ2v) is 8.57. The first-order valence-corrected chi connectivity index (χ1v) is 11.3. The third-order valence-corrected chi connectivity index (χ3v) is 5.94. The minimum absolute atomic E-state index is 0.0851. The van der Waals surface area contributed by atoms with Crippen LogP contribution < -0.4 is 10.1 Å². The molecule has 162 valence electrons. The van der Waals surface area contributed by atoms with Crippen molar-refractivity contribution in [2.75, 3.05) is 32.8 Å². The van der Waals surface area contributed by atoms with Crippen LogP contribution in [0.5, 0.6) is 5.75 Å². The molecular weight excluding hydrogens is 396 g/mol. The molecule has 0 saturated heterocycles. The molecule has 0 aliphatic heterocycles. The van der Waals surface area contributed by atoms with Gasteiger partial charge in [-0.25, -0.2) is 9.83 Å². The summed E-state index contributed by atoms with van der Waals surface area (Å²) < 4.78 is 5.74. The van der Waals surface area contributed by atoms with E-state index in [-0.39, 0.29) is 5.91 Å². The van der Waals surface area contributed by atoms with Crippen LogP contribution in [0.1, 0.15) is 49.5 Å². The van der Waals surface area contributed by atoms with Crippen LogP contribution in [0.4, 0.5) is 5.69 Å². The van der Waals surface area contributed by atoms with Crippen LogP contribution in [-0.2, 0) is 0 Å². The topological polar surface area (TPSA) is 58.8 Å². The van der Waals surface area contributed by atoms with Gasteiger partial charge >= 0.3 is 0 Å². The van der Waals surface area contributed by atoms with E-state index in [4.69, 9.17) is 11.3 Å². The van der Waals surface area contributed by atoms with Gasteiger partial charge in [0.15, 0.2) is 0 Å². The molecule has 1 N–H and O–H groups in total. The molecule has 1 aromatic heterocycles. The molecule has 0 fully saturated rings. The standard InChI is InChI=1S/C23H32N4O2S/c1-7-27(8-2)13-9-12-25-22(28)21-17(5)26-23(30-21)18-10-11-20(19(14-18)24-6)29-15-16(3)4/h10-11,14,16H,7-9,12-13,15H2,1-5H3,(H,25,28). The fourth-order valence-corrected chi connectivity index (χ4v) is 3.95. The van der Waals surface area contributed by atoms with Gasteiger partial charge in [-0.2, -0.15) is 0 Å². The summed E-state index contributed by atoms with van der Waals surface area (Å²) in [7, 11) is 0. The van der Waals surface area contributed by atoms with Crippen molar-refractivity contribution < 1.29 is 9.53 Å². The number of hydrogen-bond acceptors (Lipinski definition) is 5. The summed E-state index contributed by atoms with van der Waals surface area (Å²) in [6, 6.07) is 5.50. The number of carbonyl (C=O) groups excluding carboxylic acids is 1. The summed E-state index contributed by atoms with van der Waals surface area (Å²) in [5, 5.41) is 3.74. The second-order valence-electron chi connectivity index (χ2n) is 7.57. The zero-order valence-corrected chi connectivity index (χ0v) is 19.4. The minimum atomic E-state index is -0.0851. The first-order chi connectivity index (χ1) is 14.4. The number of benzene rings is 1. The van der Waals surface area contributed by atoms with E-state index in [1.165, 1.54) is 11.3 Å². The molecule has 0 bridgehead atoms. The van der Waals surface area contributed by atoms with Crippen molar-refractivity contribution >= 4 is 22.9 Å². The maximum absolute atomic E-state index is 12.6. The number of carbonyl (C=O) groups is 1. The predicted octanol–water partition coefficient (Wildman–Crippen LogP) is 5.17. The SMILES string of the molecule is [C-]#[N+]c1cc(-c2nc(C)c(C(=O)NCCCN(CC)CC)s2)ccc1OCC(C)C. The molecule has 1 heterocycles. The number of nitrogens with zero attached hydrogens (tertiary/aromatic N) is 3. The van der Waals surface area contributed by atoms with Gasteiger partial charge in [0.05, 0.1) is 18.9 Å². The van der Waals surface area contributed by atoms with Crippen molar-refractivity contribution in [3.63, 3.8) is 0 Å². The molecule has 0 aliphatic rings. The zero-order valence-electron chi connectivity index (χ0n) is 18.6. The summed E-state index contributed by atoms with van der Waals surface area (Å²) in [5.41, 5.74) is 2.00. The summed E-state index contributed by atoms with van der Waals surface area (Å²) in [6.45, 7) is 22.0. The van der Waals surface area contributed by atoms with Gasteiger partial charge in [-0.05, 0) is 51.0 Å². The molecule has 7 heteroatoms. The van der Waals surface area contributed by atoms with Gasteiger partial charge in [0.1, 0.15) is 15.6 Å². The molecule has 30 heavy (non-hydrogen) atoms. The lowest BCUT2D eigenvalue weighted by atomic mass is 10.2. The van der Waals surface area contributed by atoms with Crippen LogP contribution in [0.25, 0.3) is 15.4 Å². The Morgan fingerprint density at radius 2 is 2.07 bits per heavy atom. The number of rotatable bonds is 11. The number of nitrogens with one attached hydrogen (secondary N) is 1. The summed E-state index contributed by atoms with van der Waals surface area (Å²) in [6.07, 6.45) is 0.921. The van der Waals surface area contributed by atoms with E-state index in [0.717, 1.165) is 36.6 Å². The van der Waals surface area contributed by atoms with Gasteiger partial charge in [0, 0.05) is 12.1 Å². The number of amides is 1. The third-order valence-electron chi connectivity index (χ3n) is 4.73. The van der Waals surface area contributed by atoms with Crippen LogP contribution in [0.2, 0.25) is 0 Å². The van der Waals surface area contributed by atoms with Crippen LogP contribution in [0, 0.1) is 19.4 Å². The molecule has 2 rings (SSSR count). The minimum Gasteiger partial charge on any atom is -0.504 e. The monoisotopic (exact) mass is 428 g/mol. The highest BCUT2D eigenvalue weighted by Crippen LogP contribution is 2.35. The molecule has 0 saturated carbocycles. The first kappa shape index (κ1) is 23.8. The number of thiazole rings is 1. The Morgan fingerprint density at radius 1 is 1.33 bits per heavy atom. The summed E-state index contributed by atoms with van der Waals surface area (Å²) in [5.74, 6) is 0.887. The Morgan fingerprint density at radius 3 is 2.70 bits per heavy atom. The largest absolute Gasteiger partial charge is 0.504 e. The molecule has 0 radical (unpaired) electrons.